The Morgan fingerprint density at radius 2 is 1.52 bits per heavy atom. The van der Waals surface area contributed by atoms with E-state index in [1.165, 1.54) is 30.3 Å². The SMILES string of the molecule is O=C(N[C@@H]1CNCCCC1OC(=O)c1cc(O)c(C(=O)c2c(O)cccc2C(=O)O)c(O)c1)c1ccc(O)cc1. The van der Waals surface area contributed by atoms with E-state index in [-0.39, 0.29) is 23.4 Å². The van der Waals surface area contributed by atoms with Crippen LogP contribution < -0.4 is 10.6 Å². The van der Waals surface area contributed by atoms with Crippen molar-refractivity contribution in [3.63, 3.8) is 0 Å². The number of nitrogens with one attached hydrogen (secondary N) is 2. The van der Waals surface area contributed by atoms with Gasteiger partial charge in [0.1, 0.15) is 34.7 Å². The number of esters is 1. The molecule has 40 heavy (non-hydrogen) atoms. The highest BCUT2D eigenvalue weighted by molar-refractivity contribution is 6.18. The van der Waals surface area contributed by atoms with E-state index in [0.29, 0.717) is 19.4 Å². The molecule has 0 aliphatic carbocycles. The second-order valence-electron chi connectivity index (χ2n) is 9.14. The second-order valence-corrected chi connectivity index (χ2v) is 9.14. The van der Waals surface area contributed by atoms with E-state index in [4.69, 9.17) is 4.74 Å². The van der Waals surface area contributed by atoms with Gasteiger partial charge >= 0.3 is 11.9 Å². The van der Waals surface area contributed by atoms with Crippen LogP contribution in [0.5, 0.6) is 23.0 Å². The maximum absolute atomic E-state index is 13.0. The van der Waals surface area contributed by atoms with Gasteiger partial charge in [0.15, 0.2) is 0 Å². The molecule has 3 aromatic carbocycles. The number of ether oxygens (including phenoxy) is 1. The Hall–Kier alpha value is -5.10. The van der Waals surface area contributed by atoms with E-state index in [2.05, 4.69) is 10.6 Å². The molecular weight excluding hydrogens is 524 g/mol. The number of carboxylic acid groups (broad SMARTS) is 1. The van der Waals surface area contributed by atoms with Crippen LogP contribution in [0.1, 0.15) is 59.8 Å². The highest BCUT2D eigenvalue weighted by Crippen LogP contribution is 2.35. The summed E-state index contributed by atoms with van der Waals surface area (Å²) in [5.74, 6) is -6.42. The van der Waals surface area contributed by atoms with Crippen LogP contribution in [0.25, 0.3) is 0 Å². The Labute approximate surface area is 227 Å². The van der Waals surface area contributed by atoms with E-state index in [9.17, 15) is 44.7 Å². The van der Waals surface area contributed by atoms with E-state index in [0.717, 1.165) is 24.3 Å². The summed E-state index contributed by atoms with van der Waals surface area (Å²) in [6, 6.07) is 10.1. The molecule has 1 aliphatic heterocycles. The number of aromatic hydroxyl groups is 4. The lowest BCUT2D eigenvalue weighted by Crippen LogP contribution is -2.49. The highest BCUT2D eigenvalue weighted by Gasteiger charge is 2.31. The zero-order chi connectivity index (χ0) is 29.0. The van der Waals surface area contributed by atoms with E-state index in [1.807, 2.05) is 0 Å². The zero-order valence-electron chi connectivity index (χ0n) is 21.0. The molecule has 1 aliphatic rings. The van der Waals surface area contributed by atoms with Crippen molar-refractivity contribution in [1.82, 2.24) is 10.6 Å². The molecule has 1 fully saturated rings. The van der Waals surface area contributed by atoms with Gasteiger partial charge < -0.3 is 40.9 Å². The molecule has 0 aromatic heterocycles. The lowest BCUT2D eigenvalue weighted by Gasteiger charge is -2.26. The van der Waals surface area contributed by atoms with Gasteiger partial charge in [-0.25, -0.2) is 9.59 Å². The molecule has 0 radical (unpaired) electrons. The van der Waals surface area contributed by atoms with Crippen molar-refractivity contribution >= 4 is 23.6 Å². The Morgan fingerprint density at radius 3 is 2.17 bits per heavy atom. The minimum atomic E-state index is -1.51. The van der Waals surface area contributed by atoms with Gasteiger partial charge in [0.2, 0.25) is 5.78 Å². The number of ketones is 1. The molecule has 1 amide bonds. The quantitative estimate of drug-likeness (QED) is 0.168. The number of aromatic carboxylic acids is 1. The summed E-state index contributed by atoms with van der Waals surface area (Å²) in [5, 5.41) is 56.0. The first-order chi connectivity index (χ1) is 19.1. The van der Waals surface area contributed by atoms with Crippen molar-refractivity contribution in [1.29, 1.82) is 0 Å². The van der Waals surface area contributed by atoms with Crippen LogP contribution in [-0.4, -0.2) is 74.4 Å². The highest BCUT2D eigenvalue weighted by atomic mass is 16.5. The average molecular weight is 551 g/mol. The molecular formula is C28H26N2O10. The average Bonchev–Trinajstić information content (AvgIpc) is 3.12. The molecule has 2 atom stereocenters. The number of amides is 1. The molecule has 0 bridgehead atoms. The Bertz CT molecular complexity index is 1450. The van der Waals surface area contributed by atoms with E-state index >= 15 is 0 Å². The van der Waals surface area contributed by atoms with Crippen LogP contribution in [0.15, 0.2) is 54.6 Å². The minimum Gasteiger partial charge on any atom is -0.508 e. The minimum absolute atomic E-state index is 0.00149. The molecule has 1 unspecified atom stereocenters. The summed E-state index contributed by atoms with van der Waals surface area (Å²) < 4.78 is 5.63. The van der Waals surface area contributed by atoms with Crippen molar-refractivity contribution in [2.45, 2.75) is 25.0 Å². The van der Waals surface area contributed by atoms with Gasteiger partial charge in [0.25, 0.3) is 5.91 Å². The first kappa shape index (κ1) is 27.9. The summed E-state index contributed by atoms with van der Waals surface area (Å²) in [6.45, 7) is 0.904. The number of benzene rings is 3. The topological polar surface area (TPSA) is 203 Å². The maximum atomic E-state index is 13.0. The molecule has 12 nitrogen and oxygen atoms in total. The lowest BCUT2D eigenvalue weighted by molar-refractivity contribution is 0.0191. The summed E-state index contributed by atoms with van der Waals surface area (Å²) >= 11 is 0. The third kappa shape index (κ3) is 5.97. The Morgan fingerprint density at radius 1 is 0.850 bits per heavy atom. The molecule has 0 saturated carbocycles. The fraction of sp³-hybridized carbons (Fsp3) is 0.214. The summed E-state index contributed by atoms with van der Waals surface area (Å²) in [7, 11) is 0. The predicted molar refractivity (Wildman–Crippen MR) is 139 cm³/mol. The maximum Gasteiger partial charge on any atom is 0.338 e. The molecule has 7 N–H and O–H groups in total. The molecule has 3 aromatic rings. The van der Waals surface area contributed by atoms with Crippen LogP contribution in [-0.2, 0) is 4.74 Å². The van der Waals surface area contributed by atoms with E-state index in [1.54, 1.807) is 0 Å². The largest absolute Gasteiger partial charge is 0.508 e. The second kappa shape index (κ2) is 11.7. The normalized spacial score (nSPS) is 16.9. The van der Waals surface area contributed by atoms with Crippen molar-refractivity contribution < 1.29 is 49.4 Å². The fourth-order valence-corrected chi connectivity index (χ4v) is 4.42. The van der Waals surface area contributed by atoms with Gasteiger partial charge in [0.05, 0.1) is 22.7 Å². The number of phenolic OH excluding ortho intramolecular Hbond substituents is 4. The molecule has 1 heterocycles. The van der Waals surface area contributed by atoms with Gasteiger partial charge in [-0.2, -0.15) is 0 Å². The standard InChI is InChI=1S/C28H26N2O10/c31-16-8-6-14(7-9-16)26(36)30-18-13-29-10-2-5-22(18)40-28(39)15-11-20(33)24(21(34)12-15)25(35)23-17(27(37)38)3-1-4-19(23)32/h1,3-4,6-9,11-12,18,22,29,31-34H,2,5,10,13H2,(H,30,36)(H,37,38)/t18-,22?/m1/s1. The van der Waals surface area contributed by atoms with Gasteiger partial charge in [-0.3, -0.25) is 9.59 Å². The first-order valence-electron chi connectivity index (χ1n) is 12.2. The summed E-state index contributed by atoms with van der Waals surface area (Å²) in [4.78, 5) is 50.3. The Balaban J connectivity index is 1.55. The number of carbonyl (C=O) groups excluding carboxylic acids is 3. The van der Waals surface area contributed by atoms with Crippen LogP contribution in [0.3, 0.4) is 0 Å². The molecule has 0 spiro atoms. The fourth-order valence-electron chi connectivity index (χ4n) is 4.42. The molecule has 12 heteroatoms. The van der Waals surface area contributed by atoms with Crippen LogP contribution in [0.2, 0.25) is 0 Å². The van der Waals surface area contributed by atoms with Crippen molar-refractivity contribution in [3.8, 4) is 23.0 Å². The number of phenols is 4. The number of carbonyl (C=O) groups is 4. The van der Waals surface area contributed by atoms with Gasteiger partial charge in [-0.05, 0) is 67.9 Å². The monoisotopic (exact) mass is 550 g/mol. The van der Waals surface area contributed by atoms with Crippen molar-refractivity contribution in [2.24, 2.45) is 0 Å². The van der Waals surface area contributed by atoms with Crippen LogP contribution in [0.4, 0.5) is 0 Å². The van der Waals surface area contributed by atoms with Crippen LogP contribution in [0, 0.1) is 0 Å². The Kier molecular flexibility index (Phi) is 8.20. The van der Waals surface area contributed by atoms with Crippen LogP contribution >= 0.6 is 0 Å². The lowest BCUT2D eigenvalue weighted by atomic mass is 9.95. The predicted octanol–water partition coefficient (Wildman–Crippen LogP) is 2.15. The molecule has 208 valence electrons. The molecule has 4 rings (SSSR count). The third-order valence-corrected chi connectivity index (χ3v) is 6.42. The summed E-state index contributed by atoms with van der Waals surface area (Å²) in [6.07, 6.45) is 0.229. The zero-order valence-corrected chi connectivity index (χ0v) is 21.0. The van der Waals surface area contributed by atoms with Gasteiger partial charge in [-0.1, -0.05) is 6.07 Å². The summed E-state index contributed by atoms with van der Waals surface area (Å²) in [5.41, 5.74) is -1.91. The number of rotatable bonds is 7. The van der Waals surface area contributed by atoms with Gasteiger partial charge in [-0.15, -0.1) is 0 Å². The number of carboxylic acids is 1. The van der Waals surface area contributed by atoms with Crippen molar-refractivity contribution in [2.75, 3.05) is 13.1 Å². The first-order valence-corrected chi connectivity index (χ1v) is 12.2. The van der Waals surface area contributed by atoms with E-state index < -0.39 is 69.7 Å². The third-order valence-electron chi connectivity index (χ3n) is 6.42. The number of hydrogen-bond donors (Lipinski definition) is 7. The molecule has 1 saturated heterocycles. The van der Waals surface area contributed by atoms with Crippen molar-refractivity contribution in [3.05, 3.63) is 82.4 Å². The smallest absolute Gasteiger partial charge is 0.338 e. The number of hydrogen-bond acceptors (Lipinski definition) is 10. The van der Waals surface area contributed by atoms with Gasteiger partial charge in [0, 0.05) is 12.1 Å².